The third-order valence-electron chi connectivity index (χ3n) is 3.18. The summed E-state index contributed by atoms with van der Waals surface area (Å²) in [5, 5.41) is 12.2. The maximum absolute atomic E-state index is 8.76. The monoisotopic (exact) mass is 239 g/mol. The van der Waals surface area contributed by atoms with Crippen LogP contribution < -0.4 is 5.32 Å². The summed E-state index contributed by atoms with van der Waals surface area (Å²) >= 11 is 0. The van der Waals surface area contributed by atoms with Crippen LogP contribution in [0.4, 0.5) is 0 Å². The van der Waals surface area contributed by atoms with Gasteiger partial charge >= 0.3 is 0 Å². The molecule has 1 aromatic carbocycles. The minimum Gasteiger partial charge on any atom is -0.353 e. The Hall–Kier alpha value is -2.05. The molecule has 0 spiro atoms. The molecule has 3 heteroatoms. The fraction of sp³-hybridized carbons (Fsp3) is 0.267. The van der Waals surface area contributed by atoms with Crippen LogP contribution in [0.15, 0.2) is 42.6 Å². The van der Waals surface area contributed by atoms with Crippen molar-refractivity contribution in [3.63, 3.8) is 0 Å². The van der Waals surface area contributed by atoms with Gasteiger partial charge in [0.05, 0.1) is 11.6 Å². The molecule has 0 saturated heterocycles. The summed E-state index contributed by atoms with van der Waals surface area (Å²) in [7, 11) is 2.05. The minimum atomic E-state index is 0.271. The molecule has 3 nitrogen and oxygen atoms in total. The number of aryl methyl sites for hydroxylation is 1. The van der Waals surface area contributed by atoms with Crippen molar-refractivity contribution in [2.24, 2.45) is 7.05 Å². The van der Waals surface area contributed by atoms with E-state index in [-0.39, 0.29) is 6.04 Å². The molecule has 0 aliphatic heterocycles. The van der Waals surface area contributed by atoms with Crippen molar-refractivity contribution < 1.29 is 0 Å². The molecular weight excluding hydrogens is 222 g/mol. The van der Waals surface area contributed by atoms with Gasteiger partial charge in [-0.25, -0.2) is 0 Å². The van der Waals surface area contributed by atoms with E-state index < -0.39 is 0 Å². The molecule has 1 aromatic heterocycles. The smallest absolute Gasteiger partial charge is 0.0991 e. The minimum absolute atomic E-state index is 0.271. The second-order valence-electron chi connectivity index (χ2n) is 4.45. The number of nitrogens with one attached hydrogen (secondary N) is 1. The summed E-state index contributed by atoms with van der Waals surface area (Å²) < 4.78 is 2.11. The number of hydrogen-bond donors (Lipinski definition) is 1. The lowest BCUT2D eigenvalue weighted by molar-refractivity contribution is 0.558. The van der Waals surface area contributed by atoms with Crippen LogP contribution in [0.1, 0.15) is 29.8 Å². The Bertz CT molecular complexity index is 546. The quantitative estimate of drug-likeness (QED) is 0.891. The van der Waals surface area contributed by atoms with Gasteiger partial charge in [-0.3, -0.25) is 0 Å². The molecule has 0 fully saturated rings. The molecule has 0 bridgehead atoms. The Morgan fingerprint density at radius 2 is 2.00 bits per heavy atom. The number of hydrogen-bond acceptors (Lipinski definition) is 2. The molecule has 1 unspecified atom stereocenters. The highest BCUT2D eigenvalue weighted by Gasteiger charge is 2.05. The molecule has 0 aliphatic carbocycles. The summed E-state index contributed by atoms with van der Waals surface area (Å²) in [6, 6.07) is 14.3. The fourth-order valence-corrected chi connectivity index (χ4v) is 1.90. The average molecular weight is 239 g/mol. The van der Waals surface area contributed by atoms with Gasteiger partial charge in [0.25, 0.3) is 0 Å². The molecule has 0 amide bonds. The first-order chi connectivity index (χ1) is 8.70. The van der Waals surface area contributed by atoms with Crippen molar-refractivity contribution in [2.45, 2.75) is 19.5 Å². The third kappa shape index (κ3) is 2.79. The molecule has 0 radical (unpaired) electrons. The number of aromatic nitrogens is 1. The van der Waals surface area contributed by atoms with Crippen molar-refractivity contribution in [3.05, 3.63) is 59.4 Å². The molecule has 1 heterocycles. The predicted molar refractivity (Wildman–Crippen MR) is 71.8 cm³/mol. The molecule has 92 valence electrons. The number of rotatable bonds is 4. The van der Waals surface area contributed by atoms with Crippen molar-refractivity contribution >= 4 is 0 Å². The molecule has 1 atom stereocenters. The zero-order valence-corrected chi connectivity index (χ0v) is 10.7. The molecule has 0 saturated carbocycles. The highest BCUT2D eigenvalue weighted by atomic mass is 15.0. The van der Waals surface area contributed by atoms with E-state index in [1.165, 1.54) is 11.3 Å². The number of nitrogens with zero attached hydrogens (tertiary/aromatic N) is 2. The first-order valence-corrected chi connectivity index (χ1v) is 6.04. The van der Waals surface area contributed by atoms with Gasteiger partial charge in [0, 0.05) is 31.5 Å². The van der Waals surface area contributed by atoms with E-state index in [0.29, 0.717) is 5.56 Å². The average Bonchev–Trinajstić information content (AvgIpc) is 2.81. The Labute approximate surface area is 108 Å². The first kappa shape index (κ1) is 12.4. The standard InChI is InChI=1S/C15H17N3/c1-12(14-7-5-13(10-16)6-8-14)17-11-15-4-3-9-18(15)2/h3-9,12,17H,11H2,1-2H3. The second kappa shape index (κ2) is 5.52. The highest BCUT2D eigenvalue weighted by Crippen LogP contribution is 2.14. The maximum atomic E-state index is 8.76. The van der Waals surface area contributed by atoms with Crippen LogP contribution >= 0.6 is 0 Å². The number of nitriles is 1. The van der Waals surface area contributed by atoms with Gasteiger partial charge in [-0.05, 0) is 36.8 Å². The van der Waals surface area contributed by atoms with Gasteiger partial charge in [-0.1, -0.05) is 12.1 Å². The SMILES string of the molecule is CC(NCc1cccn1C)c1ccc(C#N)cc1. The Morgan fingerprint density at radius 1 is 1.28 bits per heavy atom. The molecule has 1 N–H and O–H groups in total. The summed E-state index contributed by atoms with van der Waals surface area (Å²) in [5.41, 5.74) is 3.16. The van der Waals surface area contributed by atoms with Gasteiger partial charge in [-0.2, -0.15) is 5.26 Å². The normalized spacial score (nSPS) is 12.1. The van der Waals surface area contributed by atoms with Crippen LogP contribution in [0.25, 0.3) is 0 Å². The van der Waals surface area contributed by atoms with Crippen LogP contribution in [0.5, 0.6) is 0 Å². The van der Waals surface area contributed by atoms with Gasteiger partial charge in [0.2, 0.25) is 0 Å². The molecule has 2 rings (SSSR count). The maximum Gasteiger partial charge on any atom is 0.0991 e. The second-order valence-corrected chi connectivity index (χ2v) is 4.45. The summed E-state index contributed by atoms with van der Waals surface area (Å²) in [5.74, 6) is 0. The first-order valence-electron chi connectivity index (χ1n) is 6.04. The van der Waals surface area contributed by atoms with Crippen LogP contribution in [0, 0.1) is 11.3 Å². The van der Waals surface area contributed by atoms with E-state index in [4.69, 9.17) is 5.26 Å². The van der Waals surface area contributed by atoms with Crippen LogP contribution in [-0.4, -0.2) is 4.57 Å². The lowest BCUT2D eigenvalue weighted by Gasteiger charge is -2.14. The molecular formula is C15H17N3. The topological polar surface area (TPSA) is 40.8 Å². The van der Waals surface area contributed by atoms with E-state index in [1.807, 2.05) is 43.6 Å². The Morgan fingerprint density at radius 3 is 2.56 bits per heavy atom. The van der Waals surface area contributed by atoms with Crippen molar-refractivity contribution in [3.8, 4) is 6.07 Å². The van der Waals surface area contributed by atoms with Crippen molar-refractivity contribution in [1.82, 2.24) is 9.88 Å². The molecule has 18 heavy (non-hydrogen) atoms. The molecule has 0 aliphatic rings. The molecule has 2 aromatic rings. The van der Waals surface area contributed by atoms with E-state index in [1.54, 1.807) is 0 Å². The summed E-state index contributed by atoms with van der Waals surface area (Å²) in [4.78, 5) is 0. The summed E-state index contributed by atoms with van der Waals surface area (Å²) in [6.45, 7) is 2.97. The highest BCUT2D eigenvalue weighted by molar-refractivity contribution is 5.32. The van der Waals surface area contributed by atoms with Crippen molar-refractivity contribution in [2.75, 3.05) is 0 Å². The van der Waals surface area contributed by atoms with Crippen molar-refractivity contribution in [1.29, 1.82) is 5.26 Å². The van der Waals surface area contributed by atoms with Gasteiger partial charge in [-0.15, -0.1) is 0 Å². The van der Waals surface area contributed by atoms with Gasteiger partial charge in [0.15, 0.2) is 0 Å². The number of benzene rings is 1. The van der Waals surface area contributed by atoms with Crippen LogP contribution in [0.2, 0.25) is 0 Å². The Kier molecular flexibility index (Phi) is 3.81. The largest absolute Gasteiger partial charge is 0.353 e. The lowest BCUT2D eigenvalue weighted by Crippen LogP contribution is -2.19. The lowest BCUT2D eigenvalue weighted by atomic mass is 10.1. The van der Waals surface area contributed by atoms with E-state index in [0.717, 1.165) is 6.54 Å². The van der Waals surface area contributed by atoms with E-state index >= 15 is 0 Å². The third-order valence-corrected chi connectivity index (χ3v) is 3.18. The predicted octanol–water partition coefficient (Wildman–Crippen LogP) is 2.75. The van der Waals surface area contributed by atoms with E-state index in [2.05, 4.69) is 28.9 Å². The van der Waals surface area contributed by atoms with Crippen LogP contribution in [-0.2, 0) is 13.6 Å². The summed E-state index contributed by atoms with van der Waals surface area (Å²) in [6.07, 6.45) is 2.05. The van der Waals surface area contributed by atoms with Gasteiger partial charge < -0.3 is 9.88 Å². The van der Waals surface area contributed by atoms with Gasteiger partial charge in [0.1, 0.15) is 0 Å². The fourth-order valence-electron chi connectivity index (χ4n) is 1.90. The van der Waals surface area contributed by atoms with E-state index in [9.17, 15) is 0 Å². The zero-order valence-electron chi connectivity index (χ0n) is 10.7. The zero-order chi connectivity index (χ0) is 13.0. The Balaban J connectivity index is 1.97. The van der Waals surface area contributed by atoms with Crippen LogP contribution in [0.3, 0.4) is 0 Å².